The molecule has 1 unspecified atom stereocenters. The first-order valence-corrected chi connectivity index (χ1v) is 16.5. The number of hydrogen-bond acceptors (Lipinski definition) is 6. The lowest BCUT2D eigenvalue weighted by Gasteiger charge is -2.35. The fourth-order valence-corrected chi connectivity index (χ4v) is 8.16. The van der Waals surface area contributed by atoms with Gasteiger partial charge in [-0.05, 0) is 61.1 Å². The van der Waals surface area contributed by atoms with Crippen LogP contribution < -0.4 is 9.64 Å². The van der Waals surface area contributed by atoms with Crippen LogP contribution in [0.4, 0.5) is 32.0 Å². The number of likely N-dealkylation sites (tertiary alicyclic amines) is 2. The van der Waals surface area contributed by atoms with Crippen molar-refractivity contribution >= 4 is 17.6 Å². The number of rotatable bonds is 7. The molecule has 2 aromatic rings. The summed E-state index contributed by atoms with van der Waals surface area (Å²) < 4.78 is 101. The van der Waals surface area contributed by atoms with Crippen molar-refractivity contribution < 1.29 is 45.4 Å². The van der Waals surface area contributed by atoms with E-state index in [2.05, 4.69) is 0 Å². The fourth-order valence-electron chi connectivity index (χ4n) is 8.16. The van der Waals surface area contributed by atoms with Crippen molar-refractivity contribution in [3.8, 4) is 5.75 Å². The molecule has 0 N–H and O–H groups in total. The molecule has 13 heteroatoms. The minimum Gasteiger partial charge on any atom is -0.497 e. The molecule has 0 aromatic heterocycles. The number of halogens is 6. The van der Waals surface area contributed by atoms with Crippen molar-refractivity contribution in [3.05, 3.63) is 59.2 Å². The zero-order chi connectivity index (χ0) is 34.4. The number of alkyl halides is 6. The van der Waals surface area contributed by atoms with Crippen LogP contribution in [0.15, 0.2) is 42.5 Å². The van der Waals surface area contributed by atoms with E-state index in [9.17, 15) is 22.8 Å². The molecule has 2 aromatic carbocycles. The Hall–Kier alpha value is -3.48. The molecule has 3 aliphatic heterocycles. The maximum absolute atomic E-state index is 17.4. The van der Waals surface area contributed by atoms with Crippen molar-refractivity contribution in [2.45, 2.75) is 74.2 Å². The highest BCUT2D eigenvalue weighted by molar-refractivity contribution is 5.88. The van der Waals surface area contributed by atoms with Gasteiger partial charge in [-0.15, -0.1) is 0 Å². The van der Waals surface area contributed by atoms with E-state index in [0.717, 1.165) is 48.8 Å². The molecule has 0 radical (unpaired) electrons. The van der Waals surface area contributed by atoms with Crippen molar-refractivity contribution in [2.24, 2.45) is 5.92 Å². The molecule has 4 fully saturated rings. The van der Waals surface area contributed by atoms with Crippen LogP contribution in [0.3, 0.4) is 0 Å². The number of carbonyl (C=O) groups excluding carboxylic acids is 2. The number of piperidine rings is 1. The Kier molecular flexibility index (Phi) is 9.38. The van der Waals surface area contributed by atoms with Crippen LogP contribution in [0.25, 0.3) is 0 Å². The highest BCUT2D eigenvalue weighted by Gasteiger charge is 2.60. The van der Waals surface area contributed by atoms with Crippen LogP contribution in [0.2, 0.25) is 0 Å². The summed E-state index contributed by atoms with van der Waals surface area (Å²) in [7, 11) is 2.76. The van der Waals surface area contributed by atoms with E-state index in [-0.39, 0.29) is 56.3 Å². The molecule has 6 rings (SSSR count). The average molecular weight is 682 g/mol. The van der Waals surface area contributed by atoms with Gasteiger partial charge in [-0.25, -0.2) is 13.2 Å². The number of amides is 1. The molecule has 0 bridgehead atoms. The summed E-state index contributed by atoms with van der Waals surface area (Å²) in [5, 5.41) is 0. The molecule has 1 amide bonds. The normalized spacial score (nSPS) is 27.1. The monoisotopic (exact) mass is 681 g/mol. The zero-order valence-corrected chi connectivity index (χ0v) is 27.1. The highest BCUT2D eigenvalue weighted by Crippen LogP contribution is 2.49. The van der Waals surface area contributed by atoms with Gasteiger partial charge in [-0.1, -0.05) is 31.0 Å². The minimum atomic E-state index is -4.72. The second-order valence-electron chi connectivity index (χ2n) is 13.6. The summed E-state index contributed by atoms with van der Waals surface area (Å²) in [6.45, 7) is -1.25. The summed E-state index contributed by atoms with van der Waals surface area (Å²) >= 11 is 0. The molecule has 0 spiro atoms. The van der Waals surface area contributed by atoms with E-state index in [1.807, 2.05) is 4.90 Å². The summed E-state index contributed by atoms with van der Waals surface area (Å²) in [6, 6.07) is 9.54. The van der Waals surface area contributed by atoms with E-state index in [1.54, 1.807) is 29.2 Å². The first kappa shape index (κ1) is 34.4. The van der Waals surface area contributed by atoms with Gasteiger partial charge in [0.1, 0.15) is 5.75 Å². The zero-order valence-electron chi connectivity index (χ0n) is 27.1. The Bertz CT molecular complexity index is 1490. The van der Waals surface area contributed by atoms with E-state index in [1.165, 1.54) is 14.2 Å². The Balaban J connectivity index is 1.30. The largest absolute Gasteiger partial charge is 0.497 e. The molecular weight excluding hydrogens is 640 g/mol. The molecule has 3 heterocycles. The standard InChI is InChI=1S/C35H41F6N3O4/c1-47-26-10-7-22(8-11-26)28-18-43(25-5-3-4-6-25)20-33(28,36)32(46)44-19-29(34(37,38)21-44)27-12-9-24(35(39,40)41)17-30(27)42-15-13-23(14-16-42)31(45)48-2/h7-12,17,23,25,28-29H,3-6,13-16,18-21H2,1-2H3/t28-,29?,33-/m0/s1. The fraction of sp³-hybridized carbons (Fsp3) is 0.600. The lowest BCUT2D eigenvalue weighted by molar-refractivity contribution is -0.146. The Labute approximate surface area is 276 Å². The number of benzene rings is 2. The third-order valence-electron chi connectivity index (χ3n) is 10.8. The second-order valence-corrected chi connectivity index (χ2v) is 13.6. The minimum absolute atomic E-state index is 0.0218. The molecular formula is C35H41F6N3O4. The van der Waals surface area contributed by atoms with Crippen molar-refractivity contribution in [2.75, 3.05) is 58.4 Å². The lowest BCUT2D eigenvalue weighted by atomic mass is 9.85. The Morgan fingerprint density at radius 2 is 1.52 bits per heavy atom. The topological polar surface area (TPSA) is 62.3 Å². The van der Waals surface area contributed by atoms with Crippen molar-refractivity contribution in [3.63, 3.8) is 0 Å². The van der Waals surface area contributed by atoms with Gasteiger partial charge < -0.3 is 19.3 Å². The van der Waals surface area contributed by atoms with Gasteiger partial charge in [0.2, 0.25) is 5.67 Å². The van der Waals surface area contributed by atoms with Crippen LogP contribution >= 0.6 is 0 Å². The predicted octanol–water partition coefficient (Wildman–Crippen LogP) is 6.41. The first-order chi connectivity index (χ1) is 22.7. The highest BCUT2D eigenvalue weighted by atomic mass is 19.4. The van der Waals surface area contributed by atoms with Crippen molar-refractivity contribution in [1.82, 2.24) is 9.80 Å². The average Bonchev–Trinajstić information content (AvgIpc) is 3.81. The van der Waals surface area contributed by atoms with Crippen molar-refractivity contribution in [1.29, 1.82) is 0 Å². The molecule has 3 saturated heterocycles. The number of anilines is 1. The van der Waals surface area contributed by atoms with Crippen LogP contribution in [0, 0.1) is 5.92 Å². The van der Waals surface area contributed by atoms with E-state index in [0.29, 0.717) is 11.3 Å². The van der Waals surface area contributed by atoms with Gasteiger partial charge in [-0.2, -0.15) is 13.2 Å². The Morgan fingerprint density at radius 1 is 0.854 bits per heavy atom. The molecule has 1 saturated carbocycles. The number of methoxy groups -OCH3 is 2. The number of hydrogen-bond donors (Lipinski definition) is 0. The summed E-state index contributed by atoms with van der Waals surface area (Å²) in [6.07, 6.45) is -0.420. The van der Waals surface area contributed by atoms with Gasteiger partial charge in [0, 0.05) is 50.4 Å². The summed E-state index contributed by atoms with van der Waals surface area (Å²) in [4.78, 5) is 30.6. The van der Waals surface area contributed by atoms with Gasteiger partial charge in [0.05, 0.1) is 38.2 Å². The van der Waals surface area contributed by atoms with E-state index >= 15 is 13.2 Å². The lowest BCUT2D eigenvalue weighted by Crippen LogP contribution is -2.50. The SMILES string of the molecule is COC(=O)C1CCN(c2cc(C(F)(F)F)ccc2C2CN(C(=O)[C@]3(F)CN(C4CCCC4)C[C@H]3c3ccc(OC)cc3)CC2(F)F)CC1. The Morgan fingerprint density at radius 3 is 2.12 bits per heavy atom. The molecule has 262 valence electrons. The van der Waals surface area contributed by atoms with Gasteiger partial charge in [-0.3, -0.25) is 14.5 Å². The molecule has 3 atom stereocenters. The van der Waals surface area contributed by atoms with Crippen LogP contribution in [0.5, 0.6) is 5.75 Å². The van der Waals surface area contributed by atoms with Gasteiger partial charge in [0.25, 0.3) is 11.8 Å². The second kappa shape index (κ2) is 13.1. The van der Waals surface area contributed by atoms with Gasteiger partial charge in [0.15, 0.2) is 0 Å². The van der Waals surface area contributed by atoms with Crippen LogP contribution in [0.1, 0.15) is 67.1 Å². The summed E-state index contributed by atoms with van der Waals surface area (Å²) in [5.41, 5.74) is -2.98. The van der Waals surface area contributed by atoms with E-state index in [4.69, 9.17) is 9.47 Å². The number of carbonyl (C=O) groups is 2. The summed E-state index contributed by atoms with van der Waals surface area (Å²) in [5.74, 6) is -7.45. The molecule has 4 aliphatic rings. The number of nitrogens with zero attached hydrogens (tertiary/aromatic N) is 3. The van der Waals surface area contributed by atoms with Crippen LogP contribution in [-0.2, 0) is 20.5 Å². The van der Waals surface area contributed by atoms with E-state index < -0.39 is 66.1 Å². The van der Waals surface area contributed by atoms with Crippen LogP contribution in [-0.4, -0.2) is 92.8 Å². The van der Waals surface area contributed by atoms with Gasteiger partial charge >= 0.3 is 12.1 Å². The third kappa shape index (κ3) is 6.46. The smallest absolute Gasteiger partial charge is 0.416 e. The maximum atomic E-state index is 17.4. The molecule has 48 heavy (non-hydrogen) atoms. The molecule has 7 nitrogen and oxygen atoms in total. The number of esters is 1. The molecule has 1 aliphatic carbocycles. The number of ether oxygens (including phenoxy) is 2. The predicted molar refractivity (Wildman–Crippen MR) is 166 cm³/mol. The third-order valence-corrected chi connectivity index (χ3v) is 10.8. The quantitative estimate of drug-likeness (QED) is 0.249. The first-order valence-electron chi connectivity index (χ1n) is 16.5. The maximum Gasteiger partial charge on any atom is 0.416 e.